The van der Waals surface area contributed by atoms with Crippen LogP contribution in [0.15, 0.2) is 0 Å². The van der Waals surface area contributed by atoms with Gasteiger partial charge >= 0.3 is 0 Å². The molecule has 0 aromatic heterocycles. The average molecular weight is 138 g/mol. The summed E-state index contributed by atoms with van der Waals surface area (Å²) in [6, 6.07) is 0. The molecule has 0 nitrogen and oxygen atoms in total. The summed E-state index contributed by atoms with van der Waals surface area (Å²) in [4.78, 5) is 0. The van der Waals surface area contributed by atoms with Gasteiger partial charge in [0.25, 0.3) is 0 Å². The van der Waals surface area contributed by atoms with Gasteiger partial charge in [0.1, 0.15) is 0 Å². The largest absolute Gasteiger partial charge is 0.0932 e. The zero-order chi connectivity index (χ0) is 2.83. The molecule has 26 valence electrons. The Balaban J connectivity index is 0. The normalized spacial score (nSPS) is 16.0. The van der Waals surface area contributed by atoms with E-state index >= 15 is 0 Å². The van der Waals surface area contributed by atoms with Crippen molar-refractivity contribution in [2.24, 2.45) is 0 Å². The van der Waals surface area contributed by atoms with Gasteiger partial charge in [0.05, 0.1) is 0 Å². The standard InChI is InChI=1S/C2H4S2.2Na/c1-2-4-3-1;;/h1-2H2;;. The molecular weight excluding hydrogens is 134 g/mol. The van der Waals surface area contributed by atoms with Crippen molar-refractivity contribution in [3.8, 4) is 0 Å². The van der Waals surface area contributed by atoms with Crippen LogP contribution < -0.4 is 0 Å². The monoisotopic (exact) mass is 138 g/mol. The molecule has 1 fully saturated rings. The second-order valence-electron chi connectivity index (χ2n) is 0.644. The topological polar surface area (TPSA) is 0 Å². The molecule has 1 aliphatic heterocycles. The van der Waals surface area contributed by atoms with Crippen molar-refractivity contribution >= 4 is 80.7 Å². The maximum Gasteiger partial charge on any atom is 0.0136 e. The minimum atomic E-state index is 0. The maximum absolute atomic E-state index is 1.95. The Morgan fingerprint density at radius 1 is 0.833 bits per heavy atom. The zero-order valence-corrected chi connectivity index (χ0v) is 9.86. The Kier molecular flexibility index (Phi) is 14.7. The van der Waals surface area contributed by atoms with E-state index in [1.165, 1.54) is 11.5 Å². The molecule has 0 aliphatic carbocycles. The molecule has 1 saturated heterocycles. The van der Waals surface area contributed by atoms with Crippen molar-refractivity contribution < 1.29 is 0 Å². The van der Waals surface area contributed by atoms with Crippen LogP contribution in [0.1, 0.15) is 0 Å². The van der Waals surface area contributed by atoms with Gasteiger partial charge in [-0.05, 0) is 0 Å². The minimum absolute atomic E-state index is 0. The van der Waals surface area contributed by atoms with Crippen molar-refractivity contribution in [2.75, 3.05) is 11.5 Å². The van der Waals surface area contributed by atoms with Crippen molar-refractivity contribution in [1.29, 1.82) is 0 Å². The van der Waals surface area contributed by atoms with E-state index in [9.17, 15) is 0 Å². The summed E-state index contributed by atoms with van der Waals surface area (Å²) in [5, 5.41) is 0. The third-order valence-electron chi connectivity index (χ3n) is 0.333. The molecule has 4 heteroatoms. The summed E-state index contributed by atoms with van der Waals surface area (Å²) in [6.45, 7) is 0. The minimum Gasteiger partial charge on any atom is -0.0932 e. The molecule has 1 rings (SSSR count). The smallest absolute Gasteiger partial charge is 0.0136 e. The summed E-state index contributed by atoms with van der Waals surface area (Å²) in [5.74, 6) is 2.76. The van der Waals surface area contributed by atoms with Crippen LogP contribution in [0, 0.1) is 0 Å². The molecule has 0 aromatic carbocycles. The Morgan fingerprint density at radius 2 is 1.00 bits per heavy atom. The van der Waals surface area contributed by atoms with Gasteiger partial charge in [0.2, 0.25) is 0 Å². The molecule has 0 unspecified atom stereocenters. The van der Waals surface area contributed by atoms with E-state index in [1.807, 2.05) is 21.6 Å². The molecule has 0 spiro atoms. The molecule has 0 atom stereocenters. The van der Waals surface area contributed by atoms with E-state index in [2.05, 4.69) is 0 Å². The van der Waals surface area contributed by atoms with Gasteiger partial charge in [-0.3, -0.25) is 0 Å². The van der Waals surface area contributed by atoms with Crippen LogP contribution in [0.5, 0.6) is 0 Å². The van der Waals surface area contributed by atoms with Crippen molar-refractivity contribution in [3.63, 3.8) is 0 Å². The van der Waals surface area contributed by atoms with Gasteiger partial charge in [0.15, 0.2) is 0 Å². The third-order valence-corrected chi connectivity index (χ3v) is 3.00. The van der Waals surface area contributed by atoms with Crippen LogP contribution in [0.2, 0.25) is 0 Å². The predicted molar refractivity (Wildman–Crippen MR) is 36.4 cm³/mol. The van der Waals surface area contributed by atoms with Gasteiger partial charge in [-0.15, -0.1) is 0 Å². The van der Waals surface area contributed by atoms with E-state index in [4.69, 9.17) is 0 Å². The molecule has 0 aromatic rings. The third kappa shape index (κ3) is 4.85. The Bertz CT molecular complexity index is 17.5. The fraction of sp³-hybridized carbons (Fsp3) is 1.00. The van der Waals surface area contributed by atoms with Crippen LogP contribution in [-0.4, -0.2) is 70.6 Å². The maximum atomic E-state index is 1.95. The van der Waals surface area contributed by atoms with Crippen LogP contribution in [-0.2, 0) is 0 Å². The predicted octanol–water partition coefficient (Wildman–Crippen LogP) is 0.620. The molecule has 2 radical (unpaired) electrons. The summed E-state index contributed by atoms with van der Waals surface area (Å²) < 4.78 is 0. The van der Waals surface area contributed by atoms with Crippen molar-refractivity contribution in [3.05, 3.63) is 0 Å². The molecule has 1 aliphatic rings. The Morgan fingerprint density at radius 3 is 1.00 bits per heavy atom. The molecule has 0 saturated carbocycles. The van der Waals surface area contributed by atoms with E-state index in [1.54, 1.807) is 0 Å². The number of hydrogen-bond acceptors (Lipinski definition) is 2. The van der Waals surface area contributed by atoms with Crippen molar-refractivity contribution in [1.82, 2.24) is 0 Å². The van der Waals surface area contributed by atoms with Crippen molar-refractivity contribution in [2.45, 2.75) is 0 Å². The first-order valence-electron chi connectivity index (χ1n) is 1.24. The van der Waals surface area contributed by atoms with Crippen LogP contribution in [0.4, 0.5) is 0 Å². The van der Waals surface area contributed by atoms with Gasteiger partial charge in [-0.25, -0.2) is 0 Å². The van der Waals surface area contributed by atoms with Crippen LogP contribution in [0.3, 0.4) is 0 Å². The molecule has 0 bridgehead atoms. The molecule has 0 N–H and O–H groups in total. The van der Waals surface area contributed by atoms with E-state index in [-0.39, 0.29) is 59.1 Å². The molecule has 1 heterocycles. The summed E-state index contributed by atoms with van der Waals surface area (Å²) in [5.41, 5.74) is 0. The Hall–Kier alpha value is 2.70. The SMILES string of the molecule is C1CSS1.[Na].[Na]. The fourth-order valence-electron chi connectivity index (χ4n) is 0.0833. The van der Waals surface area contributed by atoms with E-state index in [0.29, 0.717) is 0 Å². The van der Waals surface area contributed by atoms with Gasteiger partial charge in [-0.2, -0.15) is 0 Å². The van der Waals surface area contributed by atoms with E-state index in [0.717, 1.165) is 0 Å². The van der Waals surface area contributed by atoms with E-state index < -0.39 is 0 Å². The second-order valence-corrected chi connectivity index (χ2v) is 3.35. The summed E-state index contributed by atoms with van der Waals surface area (Å²) in [6.07, 6.45) is 0. The molecular formula is C2H4Na2S2. The summed E-state index contributed by atoms with van der Waals surface area (Å²) in [7, 11) is 3.91. The molecule has 6 heavy (non-hydrogen) atoms. The van der Waals surface area contributed by atoms with Gasteiger partial charge in [-0.1, -0.05) is 21.6 Å². The number of hydrogen-bond donors (Lipinski definition) is 0. The molecule has 0 amide bonds. The number of rotatable bonds is 0. The Labute approximate surface area is 90.6 Å². The van der Waals surface area contributed by atoms with Crippen LogP contribution in [0.25, 0.3) is 0 Å². The zero-order valence-electron chi connectivity index (χ0n) is 4.23. The quantitative estimate of drug-likeness (QED) is 0.355. The first-order valence-corrected chi connectivity index (χ1v) is 3.73. The van der Waals surface area contributed by atoms with Gasteiger partial charge in [0, 0.05) is 70.6 Å². The second kappa shape index (κ2) is 7.70. The fourth-order valence-corrected chi connectivity index (χ4v) is 0.750. The van der Waals surface area contributed by atoms with Crippen LogP contribution >= 0.6 is 21.6 Å². The van der Waals surface area contributed by atoms with Gasteiger partial charge < -0.3 is 0 Å². The average Bonchev–Trinajstić information content (AvgIpc) is 0.722. The first kappa shape index (κ1) is 11.5. The first-order chi connectivity index (χ1) is 2.00. The summed E-state index contributed by atoms with van der Waals surface area (Å²) >= 11 is 0.